The van der Waals surface area contributed by atoms with Gasteiger partial charge in [0.1, 0.15) is 23.7 Å². The molecule has 0 aliphatic rings. The summed E-state index contributed by atoms with van der Waals surface area (Å²) in [5.74, 6) is 3.03. The molecule has 2 heterocycles. The highest BCUT2D eigenvalue weighted by Crippen LogP contribution is 2.26. The zero-order chi connectivity index (χ0) is 24.1. The van der Waals surface area contributed by atoms with Crippen LogP contribution in [0.3, 0.4) is 0 Å². The van der Waals surface area contributed by atoms with Crippen molar-refractivity contribution in [3.8, 4) is 28.9 Å². The molecule has 0 saturated carbocycles. The number of benzene rings is 2. The topological polar surface area (TPSA) is 100 Å². The molecule has 174 valence electrons. The minimum atomic E-state index is -0.290. The Labute approximate surface area is 197 Å². The second kappa shape index (κ2) is 10.0. The number of carbonyl (C=O) groups is 1. The number of amides is 1. The fourth-order valence-corrected chi connectivity index (χ4v) is 3.24. The van der Waals surface area contributed by atoms with Gasteiger partial charge in [0.05, 0.1) is 12.8 Å². The lowest BCUT2D eigenvalue weighted by Crippen LogP contribution is -2.20. The molecule has 4 rings (SSSR count). The summed E-state index contributed by atoms with van der Waals surface area (Å²) in [5.41, 5.74) is 2.55. The van der Waals surface area contributed by atoms with Gasteiger partial charge in [0.2, 0.25) is 5.88 Å². The molecular formula is C25H25N5O4. The summed E-state index contributed by atoms with van der Waals surface area (Å²) in [7, 11) is 1.55. The van der Waals surface area contributed by atoms with Crippen LogP contribution in [0.1, 0.15) is 17.2 Å². The second-order valence-electron chi connectivity index (χ2n) is 7.51. The van der Waals surface area contributed by atoms with E-state index in [1.54, 1.807) is 62.8 Å². The Hall–Kier alpha value is -4.40. The Balaban J connectivity index is 1.38. The summed E-state index contributed by atoms with van der Waals surface area (Å²) in [4.78, 5) is 25.4. The van der Waals surface area contributed by atoms with E-state index in [1.807, 2.05) is 30.5 Å². The number of imidazole rings is 1. The van der Waals surface area contributed by atoms with Crippen LogP contribution in [0.15, 0.2) is 60.9 Å². The summed E-state index contributed by atoms with van der Waals surface area (Å²) >= 11 is 0. The number of hydrogen-bond donors (Lipinski definition) is 1. The number of nitrogens with zero attached hydrogens (tertiary/aromatic N) is 4. The molecule has 2 aromatic heterocycles. The van der Waals surface area contributed by atoms with Crippen LogP contribution in [-0.4, -0.2) is 39.1 Å². The van der Waals surface area contributed by atoms with Crippen molar-refractivity contribution >= 4 is 11.6 Å². The van der Waals surface area contributed by atoms with Gasteiger partial charge in [-0.15, -0.1) is 0 Å². The molecule has 0 unspecified atom stereocenters. The molecule has 34 heavy (non-hydrogen) atoms. The molecule has 0 radical (unpaired) electrons. The van der Waals surface area contributed by atoms with E-state index >= 15 is 0 Å². The third-order valence-corrected chi connectivity index (χ3v) is 5.09. The zero-order valence-electron chi connectivity index (χ0n) is 19.4. The number of ether oxygens (including phenoxy) is 3. The molecule has 0 bridgehead atoms. The monoisotopic (exact) mass is 459 g/mol. The maximum absolute atomic E-state index is 12.3. The van der Waals surface area contributed by atoms with Gasteiger partial charge >= 0.3 is 0 Å². The summed E-state index contributed by atoms with van der Waals surface area (Å²) in [6.45, 7) is 5.59. The first kappa shape index (κ1) is 22.8. The van der Waals surface area contributed by atoms with E-state index < -0.39 is 0 Å². The number of anilines is 1. The van der Waals surface area contributed by atoms with Crippen LogP contribution >= 0.6 is 0 Å². The van der Waals surface area contributed by atoms with Crippen LogP contribution in [0.5, 0.6) is 23.1 Å². The van der Waals surface area contributed by atoms with Crippen LogP contribution < -0.4 is 19.5 Å². The number of methoxy groups -OCH3 is 1. The lowest BCUT2D eigenvalue weighted by Gasteiger charge is -2.11. The Morgan fingerprint density at radius 1 is 1.00 bits per heavy atom. The number of nitrogens with one attached hydrogen (secondary N) is 1. The van der Waals surface area contributed by atoms with Crippen molar-refractivity contribution < 1.29 is 19.0 Å². The standard InChI is InChI=1S/C25H25N5O4/c1-16-17(2)30(15-26-16)23-13-25(28-18(3)27-23)34-20-11-9-19(10-12-20)29-24(31)14-33-22-8-6-5-7-21(22)32-4/h5-13,15H,14H2,1-4H3,(H,29,31). The molecule has 0 aliphatic heterocycles. The molecule has 2 aromatic carbocycles. The van der Waals surface area contributed by atoms with Crippen LogP contribution in [0.4, 0.5) is 5.69 Å². The van der Waals surface area contributed by atoms with Gasteiger partial charge in [0.25, 0.3) is 5.91 Å². The highest BCUT2D eigenvalue weighted by molar-refractivity contribution is 5.91. The smallest absolute Gasteiger partial charge is 0.262 e. The van der Waals surface area contributed by atoms with Crippen molar-refractivity contribution in [2.75, 3.05) is 19.0 Å². The third kappa shape index (κ3) is 5.32. The number of rotatable bonds is 8. The fourth-order valence-electron chi connectivity index (χ4n) is 3.24. The van der Waals surface area contributed by atoms with Crippen LogP contribution in [0.25, 0.3) is 5.82 Å². The van der Waals surface area contributed by atoms with Crippen LogP contribution in [0, 0.1) is 20.8 Å². The van der Waals surface area contributed by atoms with Gasteiger partial charge < -0.3 is 19.5 Å². The van der Waals surface area contributed by atoms with Gasteiger partial charge in [-0.2, -0.15) is 4.98 Å². The van der Waals surface area contributed by atoms with Gasteiger partial charge in [0.15, 0.2) is 18.1 Å². The molecule has 0 atom stereocenters. The quantitative estimate of drug-likeness (QED) is 0.417. The summed E-state index contributed by atoms with van der Waals surface area (Å²) in [6, 6.07) is 15.9. The lowest BCUT2D eigenvalue weighted by atomic mass is 10.3. The summed E-state index contributed by atoms with van der Waals surface area (Å²) in [5, 5.41) is 2.79. The predicted molar refractivity (Wildman–Crippen MR) is 127 cm³/mol. The van der Waals surface area contributed by atoms with E-state index in [9.17, 15) is 4.79 Å². The molecule has 0 spiro atoms. The normalized spacial score (nSPS) is 10.6. The van der Waals surface area contributed by atoms with Crippen LogP contribution in [-0.2, 0) is 4.79 Å². The number of carbonyl (C=O) groups excluding carboxylic acids is 1. The molecule has 4 aromatic rings. The van der Waals surface area contributed by atoms with E-state index in [2.05, 4.69) is 20.3 Å². The summed E-state index contributed by atoms with van der Waals surface area (Å²) < 4.78 is 18.6. The lowest BCUT2D eigenvalue weighted by molar-refractivity contribution is -0.118. The maximum atomic E-state index is 12.3. The van der Waals surface area contributed by atoms with Gasteiger partial charge in [-0.1, -0.05) is 12.1 Å². The van der Waals surface area contributed by atoms with Crippen molar-refractivity contribution in [3.63, 3.8) is 0 Å². The van der Waals surface area contributed by atoms with E-state index in [-0.39, 0.29) is 12.5 Å². The van der Waals surface area contributed by atoms with Crippen LogP contribution in [0.2, 0.25) is 0 Å². The van der Waals surface area contributed by atoms with E-state index in [1.165, 1.54) is 0 Å². The zero-order valence-corrected chi connectivity index (χ0v) is 19.4. The molecule has 0 aliphatic carbocycles. The molecular weight excluding hydrogens is 434 g/mol. The van der Waals surface area contributed by atoms with Crippen molar-refractivity contribution in [3.05, 3.63) is 78.1 Å². The highest BCUT2D eigenvalue weighted by atomic mass is 16.5. The third-order valence-electron chi connectivity index (χ3n) is 5.09. The Kier molecular flexibility index (Phi) is 6.72. The van der Waals surface area contributed by atoms with Gasteiger partial charge in [0, 0.05) is 17.4 Å². The van der Waals surface area contributed by atoms with E-state index in [4.69, 9.17) is 14.2 Å². The summed E-state index contributed by atoms with van der Waals surface area (Å²) in [6.07, 6.45) is 1.73. The number of aryl methyl sites for hydroxylation is 2. The van der Waals surface area contributed by atoms with Crippen molar-refractivity contribution in [1.29, 1.82) is 0 Å². The maximum Gasteiger partial charge on any atom is 0.262 e. The second-order valence-corrected chi connectivity index (χ2v) is 7.51. The largest absolute Gasteiger partial charge is 0.493 e. The molecule has 9 heteroatoms. The van der Waals surface area contributed by atoms with Crippen molar-refractivity contribution in [2.24, 2.45) is 0 Å². The number of aromatic nitrogens is 4. The first-order valence-corrected chi connectivity index (χ1v) is 10.6. The Morgan fingerprint density at radius 2 is 1.74 bits per heavy atom. The molecule has 1 amide bonds. The first-order valence-electron chi connectivity index (χ1n) is 10.6. The molecule has 1 N–H and O–H groups in total. The van der Waals surface area contributed by atoms with Gasteiger partial charge in [-0.3, -0.25) is 9.36 Å². The van der Waals surface area contributed by atoms with E-state index in [0.29, 0.717) is 40.5 Å². The van der Waals surface area contributed by atoms with E-state index in [0.717, 1.165) is 11.4 Å². The number of hydrogen-bond acceptors (Lipinski definition) is 7. The van der Waals surface area contributed by atoms with Gasteiger partial charge in [-0.25, -0.2) is 9.97 Å². The number of para-hydroxylation sites is 2. The fraction of sp³-hybridized carbons (Fsp3) is 0.200. The predicted octanol–water partition coefficient (Wildman–Crippen LogP) is 4.41. The Morgan fingerprint density at radius 3 is 2.41 bits per heavy atom. The Bertz CT molecular complexity index is 1300. The first-order chi connectivity index (χ1) is 16.4. The minimum absolute atomic E-state index is 0.144. The molecule has 0 saturated heterocycles. The van der Waals surface area contributed by atoms with Gasteiger partial charge in [-0.05, 0) is 57.2 Å². The average Bonchev–Trinajstić information content (AvgIpc) is 3.17. The minimum Gasteiger partial charge on any atom is -0.493 e. The molecule has 9 nitrogen and oxygen atoms in total. The SMILES string of the molecule is COc1ccccc1OCC(=O)Nc1ccc(Oc2cc(-n3cnc(C)c3C)nc(C)n2)cc1. The van der Waals surface area contributed by atoms with Crippen molar-refractivity contribution in [2.45, 2.75) is 20.8 Å². The average molecular weight is 460 g/mol. The molecule has 0 fully saturated rings. The highest BCUT2D eigenvalue weighted by Gasteiger charge is 2.11. The van der Waals surface area contributed by atoms with Crippen molar-refractivity contribution in [1.82, 2.24) is 19.5 Å².